The van der Waals surface area contributed by atoms with Crippen molar-refractivity contribution in [1.82, 2.24) is 5.32 Å². The van der Waals surface area contributed by atoms with Crippen molar-refractivity contribution >= 4 is 5.91 Å². The van der Waals surface area contributed by atoms with Crippen LogP contribution in [-0.2, 0) is 4.79 Å². The van der Waals surface area contributed by atoms with Gasteiger partial charge in [-0.25, -0.2) is 0 Å². The summed E-state index contributed by atoms with van der Waals surface area (Å²) in [5.74, 6) is 2.57. The highest BCUT2D eigenvalue weighted by Gasteiger charge is 2.50. The van der Waals surface area contributed by atoms with Gasteiger partial charge in [-0.3, -0.25) is 4.79 Å². The molecule has 0 radical (unpaired) electrons. The molecule has 1 aromatic carbocycles. The zero-order valence-electron chi connectivity index (χ0n) is 10.2. The van der Waals surface area contributed by atoms with Gasteiger partial charge in [0.1, 0.15) is 0 Å². The number of hydrogen-bond acceptors (Lipinski definition) is 1. The molecule has 90 valence electrons. The molecule has 0 saturated heterocycles. The summed E-state index contributed by atoms with van der Waals surface area (Å²) in [6, 6.07) is 10.6. The Morgan fingerprint density at radius 3 is 2.59 bits per heavy atom. The first-order valence-corrected chi connectivity index (χ1v) is 6.58. The van der Waals surface area contributed by atoms with Gasteiger partial charge in [-0.15, -0.1) is 0 Å². The molecule has 4 unspecified atom stereocenters. The van der Waals surface area contributed by atoms with E-state index in [4.69, 9.17) is 0 Å². The number of nitrogens with one attached hydrogen (secondary N) is 1. The Morgan fingerprint density at radius 2 is 2.06 bits per heavy atom. The average Bonchev–Trinajstić information content (AvgIpc) is 3.00. The maximum absolute atomic E-state index is 11.4. The predicted octanol–water partition coefficient (Wildman–Crippen LogP) is 2.91. The molecule has 2 fully saturated rings. The fraction of sp³-hybridized carbons (Fsp3) is 0.533. The molecule has 2 aliphatic rings. The Balaban J connectivity index is 1.83. The van der Waals surface area contributed by atoms with Gasteiger partial charge < -0.3 is 5.32 Å². The Hall–Kier alpha value is -1.31. The summed E-state index contributed by atoms with van der Waals surface area (Å²) in [4.78, 5) is 11.4. The van der Waals surface area contributed by atoms with Gasteiger partial charge in [0, 0.05) is 6.92 Å². The largest absolute Gasteiger partial charge is 0.349 e. The quantitative estimate of drug-likeness (QED) is 0.848. The topological polar surface area (TPSA) is 29.1 Å². The summed E-state index contributed by atoms with van der Waals surface area (Å²) in [5.41, 5.74) is 1.26. The van der Waals surface area contributed by atoms with Crippen molar-refractivity contribution < 1.29 is 4.79 Å². The van der Waals surface area contributed by atoms with E-state index in [-0.39, 0.29) is 11.9 Å². The van der Waals surface area contributed by atoms with E-state index in [0.717, 1.165) is 11.8 Å². The van der Waals surface area contributed by atoms with E-state index < -0.39 is 0 Å². The molecule has 0 aromatic heterocycles. The standard InChI is InChI=1S/C15H19NO/c1-10(17)16-15(11-5-3-2-4-6-11)13-8-7-12-9-14(12)13/h2-6,12-15H,7-9H2,1H3,(H,16,17). The van der Waals surface area contributed by atoms with Crippen molar-refractivity contribution in [1.29, 1.82) is 0 Å². The molecule has 17 heavy (non-hydrogen) atoms. The van der Waals surface area contributed by atoms with Gasteiger partial charge in [-0.1, -0.05) is 30.3 Å². The fourth-order valence-corrected chi connectivity index (χ4v) is 3.48. The summed E-state index contributed by atoms with van der Waals surface area (Å²) in [6.45, 7) is 1.62. The highest BCUT2D eigenvalue weighted by atomic mass is 16.1. The second-order valence-corrected chi connectivity index (χ2v) is 5.49. The summed E-state index contributed by atoms with van der Waals surface area (Å²) >= 11 is 0. The molecular weight excluding hydrogens is 210 g/mol. The second-order valence-electron chi connectivity index (χ2n) is 5.49. The Kier molecular flexibility index (Phi) is 2.65. The van der Waals surface area contributed by atoms with Crippen LogP contribution in [0.25, 0.3) is 0 Å². The average molecular weight is 229 g/mol. The summed E-state index contributed by atoms with van der Waals surface area (Å²) in [6.07, 6.45) is 4.01. The van der Waals surface area contributed by atoms with Crippen molar-refractivity contribution in [2.75, 3.05) is 0 Å². The first-order chi connectivity index (χ1) is 8.25. The number of carbonyl (C=O) groups is 1. The third kappa shape index (κ3) is 2.08. The van der Waals surface area contributed by atoms with Crippen LogP contribution in [0.1, 0.15) is 37.8 Å². The summed E-state index contributed by atoms with van der Waals surface area (Å²) in [7, 11) is 0. The number of carbonyl (C=O) groups excluding carboxylic acids is 1. The molecule has 0 spiro atoms. The third-order valence-electron chi connectivity index (χ3n) is 4.34. The minimum Gasteiger partial charge on any atom is -0.349 e. The van der Waals surface area contributed by atoms with E-state index >= 15 is 0 Å². The van der Waals surface area contributed by atoms with Crippen LogP contribution in [0, 0.1) is 17.8 Å². The minimum atomic E-state index is 0.0861. The first-order valence-electron chi connectivity index (χ1n) is 6.58. The lowest BCUT2D eigenvalue weighted by Crippen LogP contribution is -2.32. The van der Waals surface area contributed by atoms with Gasteiger partial charge in [0.2, 0.25) is 5.91 Å². The maximum Gasteiger partial charge on any atom is 0.217 e. The molecule has 2 heteroatoms. The van der Waals surface area contributed by atoms with Crippen LogP contribution in [-0.4, -0.2) is 5.91 Å². The molecule has 0 bridgehead atoms. The SMILES string of the molecule is CC(=O)NC(c1ccccc1)C1CCC2CC21. The molecular formula is C15H19NO. The summed E-state index contributed by atoms with van der Waals surface area (Å²) < 4.78 is 0. The molecule has 2 nitrogen and oxygen atoms in total. The summed E-state index contributed by atoms with van der Waals surface area (Å²) in [5, 5.41) is 3.16. The van der Waals surface area contributed by atoms with E-state index in [2.05, 4.69) is 29.6 Å². The van der Waals surface area contributed by atoms with Crippen LogP contribution in [0.5, 0.6) is 0 Å². The van der Waals surface area contributed by atoms with Gasteiger partial charge in [0.05, 0.1) is 6.04 Å². The highest BCUT2D eigenvalue weighted by Crippen LogP contribution is 2.58. The molecule has 0 heterocycles. The fourth-order valence-electron chi connectivity index (χ4n) is 3.48. The van der Waals surface area contributed by atoms with Crippen molar-refractivity contribution in [2.45, 2.75) is 32.2 Å². The number of hydrogen-bond donors (Lipinski definition) is 1. The van der Waals surface area contributed by atoms with Crippen molar-refractivity contribution in [3.05, 3.63) is 35.9 Å². The molecule has 1 amide bonds. The lowest BCUT2D eigenvalue weighted by molar-refractivity contribution is -0.120. The van der Waals surface area contributed by atoms with Crippen LogP contribution in [0.4, 0.5) is 0 Å². The third-order valence-corrected chi connectivity index (χ3v) is 4.34. The number of fused-ring (bicyclic) bond motifs is 1. The van der Waals surface area contributed by atoms with Crippen LogP contribution in [0.3, 0.4) is 0 Å². The second kappa shape index (κ2) is 4.17. The molecule has 1 aromatic rings. The normalized spacial score (nSPS) is 31.7. The molecule has 3 rings (SSSR count). The van der Waals surface area contributed by atoms with Crippen molar-refractivity contribution in [2.24, 2.45) is 17.8 Å². The van der Waals surface area contributed by atoms with Crippen LogP contribution in [0.15, 0.2) is 30.3 Å². The smallest absolute Gasteiger partial charge is 0.217 e. The monoisotopic (exact) mass is 229 g/mol. The first kappa shape index (κ1) is 10.8. The Morgan fingerprint density at radius 1 is 1.29 bits per heavy atom. The number of benzene rings is 1. The van der Waals surface area contributed by atoms with Gasteiger partial charge in [-0.2, -0.15) is 0 Å². The van der Waals surface area contributed by atoms with E-state index in [9.17, 15) is 4.79 Å². The molecule has 2 saturated carbocycles. The van der Waals surface area contributed by atoms with Crippen LogP contribution in [0.2, 0.25) is 0 Å². The lowest BCUT2D eigenvalue weighted by atomic mass is 9.89. The molecule has 2 aliphatic carbocycles. The van der Waals surface area contributed by atoms with E-state index in [1.54, 1.807) is 6.92 Å². The van der Waals surface area contributed by atoms with Crippen LogP contribution >= 0.6 is 0 Å². The van der Waals surface area contributed by atoms with Gasteiger partial charge >= 0.3 is 0 Å². The lowest BCUT2D eigenvalue weighted by Gasteiger charge is -2.26. The van der Waals surface area contributed by atoms with Gasteiger partial charge in [-0.05, 0) is 42.6 Å². The van der Waals surface area contributed by atoms with E-state index in [1.807, 2.05) is 6.07 Å². The molecule has 0 aliphatic heterocycles. The van der Waals surface area contributed by atoms with E-state index in [0.29, 0.717) is 5.92 Å². The van der Waals surface area contributed by atoms with Crippen molar-refractivity contribution in [3.63, 3.8) is 0 Å². The number of amides is 1. The maximum atomic E-state index is 11.4. The van der Waals surface area contributed by atoms with Gasteiger partial charge in [0.25, 0.3) is 0 Å². The van der Waals surface area contributed by atoms with E-state index in [1.165, 1.54) is 24.8 Å². The Bertz CT molecular complexity index is 414. The molecule has 1 N–H and O–H groups in total. The highest BCUT2D eigenvalue weighted by molar-refractivity contribution is 5.73. The van der Waals surface area contributed by atoms with Crippen LogP contribution < -0.4 is 5.32 Å². The zero-order valence-corrected chi connectivity index (χ0v) is 10.2. The minimum absolute atomic E-state index is 0.0861. The van der Waals surface area contributed by atoms with Gasteiger partial charge in [0.15, 0.2) is 0 Å². The molecule has 4 atom stereocenters. The van der Waals surface area contributed by atoms with Crippen molar-refractivity contribution in [3.8, 4) is 0 Å². The predicted molar refractivity (Wildman–Crippen MR) is 67.3 cm³/mol. The zero-order chi connectivity index (χ0) is 11.8. The number of rotatable bonds is 3. The Labute approximate surface area is 102 Å².